The first-order valence-corrected chi connectivity index (χ1v) is 5.78. The second kappa shape index (κ2) is 5.90. The SMILES string of the molecule is COc1ccc(N=C(C)CC(C)C)cc1Cl. The second-order valence-electron chi connectivity index (χ2n) is 4.26. The molecule has 0 spiro atoms. The molecule has 0 heterocycles. The lowest BCUT2D eigenvalue weighted by Gasteiger charge is -2.06. The Kier molecular flexibility index (Phi) is 4.81. The van der Waals surface area contributed by atoms with Gasteiger partial charge in [-0.3, -0.25) is 4.99 Å². The highest BCUT2D eigenvalue weighted by Gasteiger charge is 2.02. The van der Waals surface area contributed by atoms with E-state index >= 15 is 0 Å². The largest absolute Gasteiger partial charge is 0.495 e. The molecule has 2 nitrogen and oxygen atoms in total. The van der Waals surface area contributed by atoms with Crippen molar-refractivity contribution in [2.75, 3.05) is 7.11 Å². The van der Waals surface area contributed by atoms with E-state index in [-0.39, 0.29) is 0 Å². The van der Waals surface area contributed by atoms with Crippen molar-refractivity contribution in [2.45, 2.75) is 27.2 Å². The van der Waals surface area contributed by atoms with Gasteiger partial charge in [0.2, 0.25) is 0 Å². The van der Waals surface area contributed by atoms with Crippen molar-refractivity contribution in [1.82, 2.24) is 0 Å². The molecule has 1 aromatic rings. The van der Waals surface area contributed by atoms with E-state index in [0.29, 0.717) is 16.7 Å². The zero-order valence-electron chi connectivity index (χ0n) is 10.2. The lowest BCUT2D eigenvalue weighted by molar-refractivity contribution is 0.415. The van der Waals surface area contributed by atoms with Gasteiger partial charge in [0, 0.05) is 5.71 Å². The van der Waals surface area contributed by atoms with Gasteiger partial charge < -0.3 is 4.74 Å². The van der Waals surface area contributed by atoms with Crippen LogP contribution in [-0.4, -0.2) is 12.8 Å². The molecule has 0 bridgehead atoms. The Morgan fingerprint density at radius 1 is 1.44 bits per heavy atom. The zero-order valence-corrected chi connectivity index (χ0v) is 11.0. The van der Waals surface area contributed by atoms with Gasteiger partial charge in [0.15, 0.2) is 0 Å². The van der Waals surface area contributed by atoms with Gasteiger partial charge in [0.05, 0.1) is 17.8 Å². The number of methoxy groups -OCH3 is 1. The van der Waals surface area contributed by atoms with Gasteiger partial charge in [-0.15, -0.1) is 0 Å². The van der Waals surface area contributed by atoms with E-state index in [1.807, 2.05) is 25.1 Å². The summed E-state index contributed by atoms with van der Waals surface area (Å²) in [6, 6.07) is 5.57. The minimum absolute atomic E-state index is 0.598. The molecule has 3 heteroatoms. The van der Waals surface area contributed by atoms with Crippen molar-refractivity contribution >= 4 is 23.0 Å². The normalized spacial score (nSPS) is 12.0. The number of hydrogen-bond acceptors (Lipinski definition) is 2. The van der Waals surface area contributed by atoms with Crippen LogP contribution in [0.25, 0.3) is 0 Å². The molecule has 0 radical (unpaired) electrons. The average Bonchev–Trinajstić information content (AvgIpc) is 2.16. The van der Waals surface area contributed by atoms with Gasteiger partial charge in [-0.25, -0.2) is 0 Å². The monoisotopic (exact) mass is 239 g/mol. The Morgan fingerprint density at radius 2 is 2.12 bits per heavy atom. The van der Waals surface area contributed by atoms with Crippen LogP contribution in [0.15, 0.2) is 23.2 Å². The summed E-state index contributed by atoms with van der Waals surface area (Å²) in [5, 5.41) is 0.598. The highest BCUT2D eigenvalue weighted by molar-refractivity contribution is 6.32. The minimum Gasteiger partial charge on any atom is -0.495 e. The highest BCUT2D eigenvalue weighted by Crippen LogP contribution is 2.28. The fraction of sp³-hybridized carbons (Fsp3) is 0.462. The molecule has 16 heavy (non-hydrogen) atoms. The summed E-state index contributed by atoms with van der Waals surface area (Å²) < 4.78 is 5.09. The van der Waals surface area contributed by atoms with E-state index in [1.54, 1.807) is 7.11 Å². The second-order valence-corrected chi connectivity index (χ2v) is 4.67. The van der Waals surface area contributed by atoms with Crippen LogP contribution in [0.3, 0.4) is 0 Å². The first-order chi connectivity index (χ1) is 7.52. The quantitative estimate of drug-likeness (QED) is 0.710. The maximum absolute atomic E-state index is 6.02. The summed E-state index contributed by atoms with van der Waals surface area (Å²) in [6.45, 7) is 6.40. The van der Waals surface area contributed by atoms with E-state index in [2.05, 4.69) is 18.8 Å². The Hall–Kier alpha value is -1.02. The van der Waals surface area contributed by atoms with Crippen LogP contribution in [0.5, 0.6) is 5.75 Å². The summed E-state index contributed by atoms with van der Waals surface area (Å²) in [5.41, 5.74) is 2.00. The van der Waals surface area contributed by atoms with Crippen molar-refractivity contribution in [2.24, 2.45) is 10.9 Å². The van der Waals surface area contributed by atoms with Crippen LogP contribution < -0.4 is 4.74 Å². The van der Waals surface area contributed by atoms with Gasteiger partial charge in [-0.1, -0.05) is 25.4 Å². The van der Waals surface area contributed by atoms with Crippen LogP contribution in [0, 0.1) is 5.92 Å². The molecule has 88 valence electrons. The molecular weight excluding hydrogens is 222 g/mol. The zero-order chi connectivity index (χ0) is 12.1. The molecule has 0 atom stereocenters. The van der Waals surface area contributed by atoms with Gasteiger partial charge in [-0.05, 0) is 37.5 Å². The number of ether oxygens (including phenoxy) is 1. The highest BCUT2D eigenvalue weighted by atomic mass is 35.5. The van der Waals surface area contributed by atoms with E-state index in [9.17, 15) is 0 Å². The lowest BCUT2D eigenvalue weighted by atomic mass is 10.1. The topological polar surface area (TPSA) is 21.6 Å². The number of nitrogens with zero attached hydrogens (tertiary/aromatic N) is 1. The Morgan fingerprint density at radius 3 is 2.62 bits per heavy atom. The fourth-order valence-corrected chi connectivity index (χ4v) is 1.83. The maximum Gasteiger partial charge on any atom is 0.137 e. The van der Waals surface area contributed by atoms with E-state index in [0.717, 1.165) is 17.8 Å². The lowest BCUT2D eigenvalue weighted by Crippen LogP contribution is -1.97. The van der Waals surface area contributed by atoms with Gasteiger partial charge in [-0.2, -0.15) is 0 Å². The predicted octanol–water partition coefficient (Wildman–Crippen LogP) is 4.49. The third-order valence-electron chi connectivity index (χ3n) is 2.16. The Balaban J connectivity index is 2.85. The molecule has 0 fully saturated rings. The first-order valence-electron chi connectivity index (χ1n) is 5.40. The molecule has 1 rings (SSSR count). The average molecular weight is 240 g/mol. The number of hydrogen-bond donors (Lipinski definition) is 0. The molecule has 0 aliphatic heterocycles. The number of halogens is 1. The molecule has 0 aromatic heterocycles. The van der Waals surface area contributed by atoms with Crippen LogP contribution in [0.1, 0.15) is 27.2 Å². The summed E-state index contributed by atoms with van der Waals surface area (Å²) in [7, 11) is 1.61. The van der Waals surface area contributed by atoms with E-state index < -0.39 is 0 Å². The summed E-state index contributed by atoms with van der Waals surface area (Å²) in [4.78, 5) is 4.51. The maximum atomic E-state index is 6.02. The van der Waals surface area contributed by atoms with E-state index in [4.69, 9.17) is 16.3 Å². The molecule has 0 saturated heterocycles. The molecule has 0 amide bonds. The Labute approximate surface area is 102 Å². The Bertz CT molecular complexity index is 386. The summed E-state index contributed by atoms with van der Waals surface area (Å²) >= 11 is 6.02. The predicted molar refractivity (Wildman–Crippen MR) is 70.2 cm³/mol. The number of aliphatic imine (C=N–C) groups is 1. The standard InChI is InChI=1S/C13H18ClNO/c1-9(2)7-10(3)15-11-5-6-13(16-4)12(14)8-11/h5-6,8-9H,7H2,1-4H3. The summed E-state index contributed by atoms with van der Waals surface area (Å²) in [6.07, 6.45) is 1.00. The van der Waals surface area contributed by atoms with Crippen LogP contribution in [0.4, 0.5) is 5.69 Å². The molecule has 1 aromatic carbocycles. The molecule has 0 saturated carbocycles. The molecular formula is C13H18ClNO. The molecule has 0 unspecified atom stereocenters. The third-order valence-corrected chi connectivity index (χ3v) is 2.45. The minimum atomic E-state index is 0.598. The van der Waals surface area contributed by atoms with Crippen LogP contribution in [-0.2, 0) is 0 Å². The van der Waals surface area contributed by atoms with Gasteiger partial charge in [0.1, 0.15) is 5.75 Å². The molecule has 0 aliphatic rings. The van der Waals surface area contributed by atoms with Crippen LogP contribution in [0.2, 0.25) is 5.02 Å². The van der Waals surface area contributed by atoms with Crippen LogP contribution >= 0.6 is 11.6 Å². The third kappa shape index (κ3) is 3.86. The van der Waals surface area contributed by atoms with Crippen molar-refractivity contribution in [3.8, 4) is 5.75 Å². The van der Waals surface area contributed by atoms with E-state index in [1.165, 1.54) is 0 Å². The number of rotatable bonds is 4. The number of benzene rings is 1. The molecule has 0 N–H and O–H groups in total. The fourth-order valence-electron chi connectivity index (χ4n) is 1.58. The smallest absolute Gasteiger partial charge is 0.137 e. The summed E-state index contributed by atoms with van der Waals surface area (Å²) in [5.74, 6) is 1.31. The first kappa shape index (κ1) is 13.0. The van der Waals surface area contributed by atoms with Crippen molar-refractivity contribution in [3.63, 3.8) is 0 Å². The van der Waals surface area contributed by atoms with Gasteiger partial charge in [0.25, 0.3) is 0 Å². The van der Waals surface area contributed by atoms with Crippen molar-refractivity contribution < 1.29 is 4.74 Å². The van der Waals surface area contributed by atoms with Gasteiger partial charge >= 0.3 is 0 Å². The van der Waals surface area contributed by atoms with Crippen molar-refractivity contribution in [3.05, 3.63) is 23.2 Å². The van der Waals surface area contributed by atoms with Crippen molar-refractivity contribution in [1.29, 1.82) is 0 Å². The molecule has 0 aliphatic carbocycles.